The van der Waals surface area contributed by atoms with E-state index >= 15 is 0 Å². The van der Waals surface area contributed by atoms with Crippen LogP contribution in [0, 0.1) is 6.92 Å². The number of rotatable bonds is 6. The van der Waals surface area contributed by atoms with E-state index in [9.17, 15) is 0 Å². The molecule has 4 heteroatoms. The molecule has 1 aliphatic carbocycles. The van der Waals surface area contributed by atoms with E-state index in [2.05, 4.69) is 33.9 Å². The van der Waals surface area contributed by atoms with Gasteiger partial charge < -0.3 is 14.6 Å². The largest absolute Gasteiger partial charge is 0.496 e. The van der Waals surface area contributed by atoms with E-state index < -0.39 is 0 Å². The zero-order valence-corrected chi connectivity index (χ0v) is 12.1. The van der Waals surface area contributed by atoms with Crippen LogP contribution in [0.2, 0.25) is 0 Å². The van der Waals surface area contributed by atoms with Crippen LogP contribution in [0.3, 0.4) is 0 Å². The number of aromatic nitrogens is 2. The number of hydrogen-bond acceptors (Lipinski definition) is 3. The van der Waals surface area contributed by atoms with Crippen molar-refractivity contribution >= 4 is 0 Å². The molecule has 0 unspecified atom stereocenters. The molecule has 0 amide bonds. The van der Waals surface area contributed by atoms with Crippen molar-refractivity contribution in [3.8, 4) is 5.75 Å². The van der Waals surface area contributed by atoms with Gasteiger partial charge >= 0.3 is 0 Å². The normalized spacial score (nSPS) is 14.5. The zero-order valence-electron chi connectivity index (χ0n) is 12.1. The quantitative estimate of drug-likeness (QED) is 0.877. The first-order valence-corrected chi connectivity index (χ1v) is 7.13. The molecule has 2 aromatic rings. The van der Waals surface area contributed by atoms with Crippen molar-refractivity contribution in [2.45, 2.75) is 38.9 Å². The lowest BCUT2D eigenvalue weighted by Crippen LogP contribution is -2.19. The van der Waals surface area contributed by atoms with Gasteiger partial charge in [-0.15, -0.1) is 0 Å². The summed E-state index contributed by atoms with van der Waals surface area (Å²) in [6, 6.07) is 6.99. The summed E-state index contributed by atoms with van der Waals surface area (Å²) in [4.78, 5) is 4.45. The van der Waals surface area contributed by atoms with E-state index in [4.69, 9.17) is 4.74 Å². The Kier molecular flexibility index (Phi) is 3.74. The van der Waals surface area contributed by atoms with E-state index in [1.807, 2.05) is 18.5 Å². The van der Waals surface area contributed by atoms with Gasteiger partial charge in [0, 0.05) is 24.0 Å². The minimum Gasteiger partial charge on any atom is -0.496 e. The molecule has 0 spiro atoms. The molecule has 1 aromatic carbocycles. The molecule has 1 aromatic heterocycles. The van der Waals surface area contributed by atoms with Crippen LogP contribution in [0.25, 0.3) is 0 Å². The summed E-state index contributed by atoms with van der Waals surface area (Å²) < 4.78 is 7.63. The number of nitrogens with zero attached hydrogens (tertiary/aromatic N) is 2. The fourth-order valence-electron chi connectivity index (χ4n) is 2.39. The molecule has 0 atom stereocenters. The van der Waals surface area contributed by atoms with Gasteiger partial charge in [0.25, 0.3) is 0 Å². The second-order valence-corrected chi connectivity index (χ2v) is 5.44. The Labute approximate surface area is 119 Å². The molecule has 4 nitrogen and oxygen atoms in total. The van der Waals surface area contributed by atoms with Crippen LogP contribution < -0.4 is 10.1 Å². The average Bonchev–Trinajstić information content (AvgIpc) is 3.17. The number of aryl methyl sites for hydroxylation is 1. The number of hydrogen-bond donors (Lipinski definition) is 1. The molecule has 1 saturated carbocycles. The number of ether oxygens (including phenoxy) is 1. The Morgan fingerprint density at radius 3 is 3.00 bits per heavy atom. The van der Waals surface area contributed by atoms with E-state index in [1.54, 1.807) is 7.11 Å². The van der Waals surface area contributed by atoms with E-state index in [0.29, 0.717) is 6.04 Å². The van der Waals surface area contributed by atoms with Crippen LogP contribution in [0.15, 0.2) is 30.6 Å². The number of imidazole rings is 1. The molecular formula is C16H21N3O. The van der Waals surface area contributed by atoms with Crippen molar-refractivity contribution in [2.24, 2.45) is 0 Å². The highest BCUT2D eigenvalue weighted by atomic mass is 16.5. The summed E-state index contributed by atoms with van der Waals surface area (Å²) in [5, 5.41) is 3.51. The first kappa shape index (κ1) is 13.2. The van der Waals surface area contributed by atoms with Crippen LogP contribution in [0.1, 0.15) is 29.8 Å². The lowest BCUT2D eigenvalue weighted by Gasteiger charge is -2.12. The highest BCUT2D eigenvalue weighted by Crippen LogP contribution is 2.22. The summed E-state index contributed by atoms with van der Waals surface area (Å²) in [5.74, 6) is 2.02. The second-order valence-electron chi connectivity index (χ2n) is 5.44. The van der Waals surface area contributed by atoms with Crippen LogP contribution in [-0.2, 0) is 13.1 Å². The standard InChI is InChI=1S/C16H21N3O/c1-12-3-6-15(20-2)13(9-12)11-19-8-7-17-16(19)10-18-14-4-5-14/h3,6-9,14,18H,4-5,10-11H2,1-2H3. The van der Waals surface area contributed by atoms with Gasteiger partial charge in [-0.05, 0) is 25.8 Å². The average molecular weight is 271 g/mol. The van der Waals surface area contributed by atoms with Crippen LogP contribution in [-0.4, -0.2) is 22.7 Å². The van der Waals surface area contributed by atoms with Gasteiger partial charge in [-0.2, -0.15) is 0 Å². The van der Waals surface area contributed by atoms with Crippen LogP contribution >= 0.6 is 0 Å². The first-order valence-electron chi connectivity index (χ1n) is 7.13. The minimum atomic E-state index is 0.702. The van der Waals surface area contributed by atoms with Gasteiger partial charge in [0.05, 0.1) is 20.2 Å². The Morgan fingerprint density at radius 1 is 1.40 bits per heavy atom. The van der Waals surface area contributed by atoms with Gasteiger partial charge in [-0.3, -0.25) is 0 Å². The zero-order chi connectivity index (χ0) is 13.9. The van der Waals surface area contributed by atoms with Crippen molar-refractivity contribution in [1.29, 1.82) is 0 Å². The fourth-order valence-corrected chi connectivity index (χ4v) is 2.39. The highest BCUT2D eigenvalue weighted by molar-refractivity contribution is 5.37. The molecule has 0 radical (unpaired) electrons. The summed E-state index contributed by atoms with van der Waals surface area (Å²) in [6.45, 7) is 3.74. The lowest BCUT2D eigenvalue weighted by atomic mass is 10.1. The summed E-state index contributed by atoms with van der Waals surface area (Å²) >= 11 is 0. The highest BCUT2D eigenvalue weighted by Gasteiger charge is 2.20. The van der Waals surface area contributed by atoms with Gasteiger partial charge in [0.1, 0.15) is 11.6 Å². The van der Waals surface area contributed by atoms with Gasteiger partial charge in [0.15, 0.2) is 0 Å². The third-order valence-electron chi connectivity index (χ3n) is 3.70. The van der Waals surface area contributed by atoms with E-state index in [1.165, 1.54) is 24.0 Å². The molecule has 0 bridgehead atoms. The van der Waals surface area contributed by atoms with Gasteiger partial charge in [-0.1, -0.05) is 17.7 Å². The molecule has 106 valence electrons. The molecule has 1 N–H and O–H groups in total. The van der Waals surface area contributed by atoms with Crippen molar-refractivity contribution in [1.82, 2.24) is 14.9 Å². The smallest absolute Gasteiger partial charge is 0.123 e. The Hall–Kier alpha value is -1.81. The molecule has 0 aliphatic heterocycles. The molecular weight excluding hydrogens is 250 g/mol. The molecule has 1 heterocycles. The molecule has 3 rings (SSSR count). The minimum absolute atomic E-state index is 0.702. The van der Waals surface area contributed by atoms with Crippen molar-refractivity contribution in [3.05, 3.63) is 47.5 Å². The maximum absolute atomic E-state index is 5.45. The lowest BCUT2D eigenvalue weighted by molar-refractivity contribution is 0.408. The third kappa shape index (κ3) is 3.02. The Morgan fingerprint density at radius 2 is 2.25 bits per heavy atom. The van der Waals surface area contributed by atoms with Crippen molar-refractivity contribution in [2.75, 3.05) is 7.11 Å². The summed E-state index contributed by atoms with van der Waals surface area (Å²) in [6.07, 6.45) is 6.50. The Balaban J connectivity index is 1.76. The molecule has 0 saturated heterocycles. The maximum atomic E-state index is 5.45. The number of nitrogens with one attached hydrogen (secondary N) is 1. The number of methoxy groups -OCH3 is 1. The van der Waals surface area contributed by atoms with Gasteiger partial charge in [-0.25, -0.2) is 4.98 Å². The van der Waals surface area contributed by atoms with E-state index in [-0.39, 0.29) is 0 Å². The van der Waals surface area contributed by atoms with Crippen molar-refractivity contribution < 1.29 is 4.74 Å². The SMILES string of the molecule is COc1ccc(C)cc1Cn1ccnc1CNC1CC1. The molecule has 1 fully saturated rings. The van der Waals surface area contributed by atoms with Crippen LogP contribution in [0.4, 0.5) is 0 Å². The first-order chi connectivity index (χ1) is 9.76. The number of benzene rings is 1. The summed E-state index contributed by atoms with van der Waals surface area (Å²) in [7, 11) is 1.72. The van der Waals surface area contributed by atoms with Crippen molar-refractivity contribution in [3.63, 3.8) is 0 Å². The second kappa shape index (κ2) is 5.67. The monoisotopic (exact) mass is 271 g/mol. The van der Waals surface area contributed by atoms with Gasteiger partial charge in [0.2, 0.25) is 0 Å². The molecule has 1 aliphatic rings. The van der Waals surface area contributed by atoms with Crippen LogP contribution in [0.5, 0.6) is 5.75 Å². The molecule has 20 heavy (non-hydrogen) atoms. The summed E-state index contributed by atoms with van der Waals surface area (Å²) in [5.41, 5.74) is 2.44. The van der Waals surface area contributed by atoms with E-state index in [0.717, 1.165) is 24.7 Å². The predicted octanol–water partition coefficient (Wildman–Crippen LogP) is 2.50. The predicted molar refractivity (Wildman–Crippen MR) is 78.9 cm³/mol. The third-order valence-corrected chi connectivity index (χ3v) is 3.70. The topological polar surface area (TPSA) is 39.1 Å². The Bertz CT molecular complexity index is 587. The maximum Gasteiger partial charge on any atom is 0.123 e. The fraction of sp³-hybridized carbons (Fsp3) is 0.438.